The maximum absolute atomic E-state index is 11.9. The summed E-state index contributed by atoms with van der Waals surface area (Å²) in [7, 11) is 0. The van der Waals surface area contributed by atoms with E-state index >= 15 is 0 Å². The fraction of sp³-hybridized carbons (Fsp3) is 0.846. The van der Waals surface area contributed by atoms with Crippen molar-refractivity contribution in [3.63, 3.8) is 0 Å². The summed E-state index contributed by atoms with van der Waals surface area (Å²) in [5.41, 5.74) is 0. The number of carbonyl (C=O) groups excluding carboxylic acids is 2. The Labute approximate surface area is 108 Å². The molecule has 104 valence electrons. The Balaban J connectivity index is 2.15. The molecule has 1 aliphatic rings. The number of rotatable bonds is 7. The van der Waals surface area contributed by atoms with E-state index in [1.54, 1.807) is 6.92 Å². The Morgan fingerprint density at radius 3 is 2.83 bits per heavy atom. The second-order valence-corrected chi connectivity index (χ2v) is 4.41. The van der Waals surface area contributed by atoms with Crippen LogP contribution in [0.15, 0.2) is 0 Å². The van der Waals surface area contributed by atoms with E-state index in [9.17, 15) is 9.59 Å². The van der Waals surface area contributed by atoms with Crippen molar-refractivity contribution < 1.29 is 19.1 Å². The first-order chi connectivity index (χ1) is 8.69. The minimum atomic E-state index is -0.206. The van der Waals surface area contributed by atoms with Crippen LogP contribution in [-0.2, 0) is 19.1 Å². The number of amides is 1. The molecule has 0 aromatic carbocycles. The first-order valence-electron chi connectivity index (χ1n) is 6.74. The van der Waals surface area contributed by atoms with Crippen LogP contribution in [0.3, 0.4) is 0 Å². The van der Waals surface area contributed by atoms with E-state index in [4.69, 9.17) is 9.47 Å². The summed E-state index contributed by atoms with van der Waals surface area (Å²) in [6.07, 6.45) is 2.68. The summed E-state index contributed by atoms with van der Waals surface area (Å²) >= 11 is 0. The zero-order valence-corrected chi connectivity index (χ0v) is 11.2. The third kappa shape index (κ3) is 4.64. The number of carbonyl (C=O) groups is 2. The average molecular weight is 257 g/mol. The Bertz CT molecular complexity index is 280. The quantitative estimate of drug-likeness (QED) is 0.551. The Kier molecular flexibility index (Phi) is 6.72. The molecule has 0 bridgehead atoms. The van der Waals surface area contributed by atoms with E-state index < -0.39 is 0 Å². The lowest BCUT2D eigenvalue weighted by atomic mass is 9.99. The van der Waals surface area contributed by atoms with Crippen molar-refractivity contribution in [1.29, 1.82) is 0 Å². The number of hydrogen-bond acceptors (Lipinski definition) is 4. The lowest BCUT2D eigenvalue weighted by Gasteiger charge is -2.16. The van der Waals surface area contributed by atoms with Crippen LogP contribution in [-0.4, -0.2) is 37.7 Å². The molecule has 1 heterocycles. The molecule has 18 heavy (non-hydrogen) atoms. The number of hydrogen-bond donors (Lipinski definition) is 1. The average Bonchev–Trinajstić information content (AvgIpc) is 2.83. The molecule has 0 aromatic heterocycles. The van der Waals surface area contributed by atoms with Crippen molar-refractivity contribution in [3.05, 3.63) is 0 Å². The van der Waals surface area contributed by atoms with E-state index in [0.29, 0.717) is 32.6 Å². The van der Waals surface area contributed by atoms with Crippen LogP contribution in [0.1, 0.15) is 39.5 Å². The van der Waals surface area contributed by atoms with Crippen molar-refractivity contribution in [2.24, 2.45) is 5.92 Å². The van der Waals surface area contributed by atoms with Gasteiger partial charge in [0.05, 0.1) is 18.6 Å². The highest BCUT2D eigenvalue weighted by molar-refractivity contribution is 5.79. The van der Waals surface area contributed by atoms with Gasteiger partial charge in [0.15, 0.2) is 0 Å². The van der Waals surface area contributed by atoms with Gasteiger partial charge in [-0.2, -0.15) is 0 Å². The van der Waals surface area contributed by atoms with E-state index in [1.807, 2.05) is 6.92 Å². The van der Waals surface area contributed by atoms with Gasteiger partial charge in [0, 0.05) is 19.6 Å². The van der Waals surface area contributed by atoms with Crippen LogP contribution in [0.4, 0.5) is 0 Å². The van der Waals surface area contributed by atoms with Gasteiger partial charge in [-0.15, -0.1) is 0 Å². The van der Waals surface area contributed by atoms with Crippen LogP contribution >= 0.6 is 0 Å². The summed E-state index contributed by atoms with van der Waals surface area (Å²) in [5.74, 6) is -0.191. The predicted molar refractivity (Wildman–Crippen MR) is 67.0 cm³/mol. The van der Waals surface area contributed by atoms with Crippen molar-refractivity contribution in [3.8, 4) is 0 Å². The summed E-state index contributed by atoms with van der Waals surface area (Å²) in [5, 5.41) is 2.86. The Morgan fingerprint density at radius 2 is 2.17 bits per heavy atom. The molecule has 5 heteroatoms. The van der Waals surface area contributed by atoms with Gasteiger partial charge in [-0.25, -0.2) is 0 Å². The molecule has 1 fully saturated rings. The van der Waals surface area contributed by atoms with Crippen molar-refractivity contribution >= 4 is 11.9 Å². The van der Waals surface area contributed by atoms with Gasteiger partial charge >= 0.3 is 5.97 Å². The normalized spacial score (nSPS) is 22.8. The Morgan fingerprint density at radius 1 is 1.39 bits per heavy atom. The molecule has 0 aromatic rings. The fourth-order valence-corrected chi connectivity index (χ4v) is 2.16. The zero-order chi connectivity index (χ0) is 13.4. The lowest BCUT2D eigenvalue weighted by Crippen LogP contribution is -2.35. The van der Waals surface area contributed by atoms with Gasteiger partial charge in [-0.3, -0.25) is 9.59 Å². The Hall–Kier alpha value is -1.10. The van der Waals surface area contributed by atoms with Crippen LogP contribution in [0.2, 0.25) is 0 Å². The molecule has 0 spiro atoms. The largest absolute Gasteiger partial charge is 0.466 e. The molecule has 2 atom stereocenters. The smallest absolute Gasteiger partial charge is 0.305 e. The standard InChI is InChI=1S/C13H23NO4/c1-3-11-10(7-9-18-11)13(16)14-8-5-6-12(15)17-4-2/h10-11H,3-9H2,1-2H3,(H,14,16). The van der Waals surface area contributed by atoms with E-state index in [2.05, 4.69) is 5.32 Å². The molecular weight excluding hydrogens is 234 g/mol. The molecule has 0 aliphatic carbocycles. The predicted octanol–water partition coefficient (Wildman–Crippen LogP) is 1.26. The highest BCUT2D eigenvalue weighted by Crippen LogP contribution is 2.23. The molecule has 2 unspecified atom stereocenters. The molecule has 1 amide bonds. The molecule has 5 nitrogen and oxygen atoms in total. The SMILES string of the molecule is CCOC(=O)CCCNC(=O)C1CCOC1CC. The minimum absolute atomic E-state index is 0.0300. The molecular formula is C13H23NO4. The summed E-state index contributed by atoms with van der Waals surface area (Å²) in [4.78, 5) is 23.0. The lowest BCUT2D eigenvalue weighted by molar-refractivity contribution is -0.143. The highest BCUT2D eigenvalue weighted by atomic mass is 16.5. The second-order valence-electron chi connectivity index (χ2n) is 4.41. The first kappa shape index (κ1) is 15.0. The van der Waals surface area contributed by atoms with E-state index in [0.717, 1.165) is 12.8 Å². The summed E-state index contributed by atoms with van der Waals surface area (Å²) < 4.78 is 10.3. The van der Waals surface area contributed by atoms with Crippen LogP contribution < -0.4 is 5.32 Å². The van der Waals surface area contributed by atoms with Crippen LogP contribution in [0.25, 0.3) is 0 Å². The van der Waals surface area contributed by atoms with Gasteiger partial charge in [0.1, 0.15) is 0 Å². The van der Waals surface area contributed by atoms with Crippen LogP contribution in [0, 0.1) is 5.92 Å². The number of nitrogens with one attached hydrogen (secondary N) is 1. The van der Waals surface area contributed by atoms with Crippen molar-refractivity contribution in [2.45, 2.75) is 45.6 Å². The third-order valence-corrected chi connectivity index (χ3v) is 3.11. The van der Waals surface area contributed by atoms with Crippen molar-refractivity contribution in [2.75, 3.05) is 19.8 Å². The summed E-state index contributed by atoms with van der Waals surface area (Å²) in [6.45, 7) is 5.40. The topological polar surface area (TPSA) is 64.6 Å². The van der Waals surface area contributed by atoms with E-state index in [-0.39, 0.29) is 23.9 Å². The van der Waals surface area contributed by atoms with E-state index in [1.165, 1.54) is 0 Å². The minimum Gasteiger partial charge on any atom is -0.466 e. The summed E-state index contributed by atoms with van der Waals surface area (Å²) in [6, 6.07) is 0. The van der Waals surface area contributed by atoms with Gasteiger partial charge in [0.2, 0.25) is 5.91 Å². The van der Waals surface area contributed by atoms with Gasteiger partial charge < -0.3 is 14.8 Å². The fourth-order valence-electron chi connectivity index (χ4n) is 2.16. The molecule has 1 aliphatic heterocycles. The van der Waals surface area contributed by atoms with Crippen molar-refractivity contribution in [1.82, 2.24) is 5.32 Å². The first-order valence-corrected chi connectivity index (χ1v) is 6.74. The third-order valence-electron chi connectivity index (χ3n) is 3.11. The van der Waals surface area contributed by atoms with Gasteiger partial charge in [0.25, 0.3) is 0 Å². The molecule has 1 saturated heterocycles. The maximum Gasteiger partial charge on any atom is 0.305 e. The number of ether oxygens (including phenoxy) is 2. The maximum atomic E-state index is 11.9. The molecule has 1 rings (SSSR count). The highest BCUT2D eigenvalue weighted by Gasteiger charge is 2.32. The van der Waals surface area contributed by atoms with Crippen LogP contribution in [0.5, 0.6) is 0 Å². The molecule has 1 N–H and O–H groups in total. The molecule has 0 saturated carbocycles. The van der Waals surface area contributed by atoms with Gasteiger partial charge in [-0.05, 0) is 26.2 Å². The molecule has 0 radical (unpaired) electrons. The second kappa shape index (κ2) is 8.08. The zero-order valence-electron chi connectivity index (χ0n) is 11.2. The van der Waals surface area contributed by atoms with Gasteiger partial charge in [-0.1, -0.05) is 6.92 Å². The number of esters is 1. The monoisotopic (exact) mass is 257 g/mol.